The minimum absolute atomic E-state index is 0.177. The average molecular weight is 302 g/mol. The Morgan fingerprint density at radius 2 is 1.90 bits per heavy atom. The first-order chi connectivity index (χ1) is 10.2. The SMILES string of the molecule is CCOc1ccc(C(=O)c2ccc(Cl)c(N=[N+]=[N-])c2)cc1. The molecular formula is C15H12ClN3O2. The Bertz CT molecular complexity index is 707. The summed E-state index contributed by atoms with van der Waals surface area (Å²) in [6.45, 7) is 2.46. The van der Waals surface area contributed by atoms with E-state index in [4.69, 9.17) is 21.9 Å². The number of ketones is 1. The molecule has 0 amide bonds. The Morgan fingerprint density at radius 1 is 1.24 bits per heavy atom. The lowest BCUT2D eigenvalue weighted by atomic mass is 10.0. The smallest absolute Gasteiger partial charge is 0.193 e. The molecule has 0 aliphatic carbocycles. The van der Waals surface area contributed by atoms with Gasteiger partial charge in [-0.2, -0.15) is 0 Å². The van der Waals surface area contributed by atoms with Gasteiger partial charge < -0.3 is 4.74 Å². The van der Waals surface area contributed by atoms with E-state index in [0.717, 1.165) is 0 Å². The molecule has 0 unspecified atom stereocenters. The first-order valence-corrected chi connectivity index (χ1v) is 6.65. The molecule has 2 aromatic carbocycles. The van der Waals surface area contributed by atoms with Crippen LogP contribution in [0.1, 0.15) is 22.8 Å². The lowest BCUT2D eigenvalue weighted by Crippen LogP contribution is -2.01. The lowest BCUT2D eigenvalue weighted by molar-refractivity contribution is 0.103. The van der Waals surface area contributed by atoms with Crippen molar-refractivity contribution in [2.75, 3.05) is 6.61 Å². The number of rotatable bonds is 5. The molecule has 0 aliphatic heterocycles. The molecule has 5 nitrogen and oxygen atoms in total. The molecule has 0 saturated heterocycles. The highest BCUT2D eigenvalue weighted by atomic mass is 35.5. The maximum absolute atomic E-state index is 12.4. The van der Waals surface area contributed by atoms with Crippen LogP contribution in [0.15, 0.2) is 47.6 Å². The quantitative estimate of drug-likeness (QED) is 0.340. The third kappa shape index (κ3) is 3.54. The zero-order valence-electron chi connectivity index (χ0n) is 11.3. The lowest BCUT2D eigenvalue weighted by Gasteiger charge is -2.06. The van der Waals surface area contributed by atoms with E-state index in [2.05, 4.69) is 10.0 Å². The van der Waals surface area contributed by atoms with Crippen LogP contribution in [0.4, 0.5) is 5.69 Å². The summed E-state index contributed by atoms with van der Waals surface area (Å²) in [6.07, 6.45) is 0. The second-order valence-corrected chi connectivity index (χ2v) is 4.55. The second kappa shape index (κ2) is 6.79. The van der Waals surface area contributed by atoms with E-state index < -0.39 is 0 Å². The molecule has 2 aromatic rings. The highest BCUT2D eigenvalue weighted by Gasteiger charge is 2.11. The third-order valence-corrected chi connectivity index (χ3v) is 3.11. The van der Waals surface area contributed by atoms with Gasteiger partial charge in [0.15, 0.2) is 5.78 Å². The Labute approximate surface area is 126 Å². The summed E-state index contributed by atoms with van der Waals surface area (Å²) in [4.78, 5) is 15.0. The van der Waals surface area contributed by atoms with Gasteiger partial charge in [-0.1, -0.05) is 16.7 Å². The Kier molecular flexibility index (Phi) is 4.82. The zero-order valence-corrected chi connectivity index (χ0v) is 12.0. The molecule has 6 heteroatoms. The summed E-state index contributed by atoms with van der Waals surface area (Å²) in [6, 6.07) is 11.5. The molecule has 0 heterocycles. The van der Waals surface area contributed by atoms with Crippen LogP contribution >= 0.6 is 11.6 Å². The van der Waals surface area contributed by atoms with Crippen molar-refractivity contribution < 1.29 is 9.53 Å². The normalized spacial score (nSPS) is 9.81. The van der Waals surface area contributed by atoms with Gasteiger partial charge in [0.25, 0.3) is 0 Å². The second-order valence-electron chi connectivity index (χ2n) is 4.14. The van der Waals surface area contributed by atoms with E-state index in [-0.39, 0.29) is 11.5 Å². The van der Waals surface area contributed by atoms with Crippen molar-refractivity contribution in [3.63, 3.8) is 0 Å². The van der Waals surface area contributed by atoms with Crippen molar-refractivity contribution in [2.24, 2.45) is 5.11 Å². The van der Waals surface area contributed by atoms with Gasteiger partial charge in [-0.05, 0) is 54.9 Å². The molecule has 0 radical (unpaired) electrons. The number of hydrogen-bond acceptors (Lipinski definition) is 3. The van der Waals surface area contributed by atoms with E-state index in [1.54, 1.807) is 30.3 Å². The van der Waals surface area contributed by atoms with Gasteiger partial charge in [0, 0.05) is 16.0 Å². The van der Waals surface area contributed by atoms with Crippen molar-refractivity contribution in [1.82, 2.24) is 0 Å². The molecule has 106 valence electrons. The minimum Gasteiger partial charge on any atom is -0.494 e. The molecule has 0 atom stereocenters. The molecule has 21 heavy (non-hydrogen) atoms. The van der Waals surface area contributed by atoms with Crippen molar-refractivity contribution in [2.45, 2.75) is 6.92 Å². The van der Waals surface area contributed by atoms with Crippen LogP contribution < -0.4 is 4.74 Å². The number of nitrogens with zero attached hydrogens (tertiary/aromatic N) is 3. The molecule has 0 saturated carbocycles. The molecule has 0 aliphatic rings. The van der Waals surface area contributed by atoms with E-state index in [1.807, 2.05) is 6.92 Å². The topological polar surface area (TPSA) is 75.1 Å². The van der Waals surface area contributed by atoms with E-state index >= 15 is 0 Å². The number of carbonyl (C=O) groups excluding carboxylic acids is 1. The van der Waals surface area contributed by atoms with E-state index in [0.29, 0.717) is 28.5 Å². The van der Waals surface area contributed by atoms with Gasteiger partial charge in [-0.25, -0.2) is 0 Å². The van der Waals surface area contributed by atoms with Crippen LogP contribution in [0.2, 0.25) is 5.02 Å². The Morgan fingerprint density at radius 3 is 2.52 bits per heavy atom. The van der Waals surface area contributed by atoms with Crippen molar-refractivity contribution >= 4 is 23.1 Å². The van der Waals surface area contributed by atoms with Crippen LogP contribution in [0.3, 0.4) is 0 Å². The summed E-state index contributed by atoms with van der Waals surface area (Å²) in [5, 5.41) is 3.76. The number of benzene rings is 2. The number of halogens is 1. The molecule has 0 bridgehead atoms. The predicted octanol–water partition coefficient (Wildman–Crippen LogP) is 4.91. The van der Waals surface area contributed by atoms with Crippen LogP contribution in [-0.2, 0) is 0 Å². The summed E-state index contributed by atoms with van der Waals surface area (Å²) < 4.78 is 5.33. The minimum atomic E-state index is -0.177. The highest BCUT2D eigenvalue weighted by molar-refractivity contribution is 6.33. The van der Waals surface area contributed by atoms with E-state index in [1.165, 1.54) is 12.1 Å². The Balaban J connectivity index is 2.31. The van der Waals surface area contributed by atoms with Gasteiger partial charge in [0.1, 0.15) is 5.75 Å². The fourth-order valence-corrected chi connectivity index (χ4v) is 1.97. The number of hydrogen-bond donors (Lipinski definition) is 0. The van der Waals surface area contributed by atoms with Gasteiger partial charge in [-0.3, -0.25) is 4.79 Å². The van der Waals surface area contributed by atoms with Crippen LogP contribution in [0.5, 0.6) is 5.75 Å². The first kappa shape index (κ1) is 14.9. The summed E-state index contributed by atoms with van der Waals surface area (Å²) in [5.41, 5.74) is 9.63. The fourth-order valence-electron chi connectivity index (χ4n) is 1.81. The molecule has 0 fully saturated rings. The van der Waals surface area contributed by atoms with Gasteiger partial charge in [0.05, 0.1) is 17.3 Å². The van der Waals surface area contributed by atoms with Crippen LogP contribution in [0.25, 0.3) is 10.4 Å². The summed E-state index contributed by atoms with van der Waals surface area (Å²) in [7, 11) is 0. The van der Waals surface area contributed by atoms with Crippen LogP contribution in [0, 0.1) is 0 Å². The standard InChI is InChI=1S/C15H12ClN3O2/c1-2-21-12-6-3-10(4-7-12)15(20)11-5-8-13(16)14(9-11)18-19-17/h3-9H,2H2,1H3. The van der Waals surface area contributed by atoms with Gasteiger partial charge in [-0.15, -0.1) is 0 Å². The number of azide groups is 1. The van der Waals surface area contributed by atoms with Crippen molar-refractivity contribution in [1.29, 1.82) is 0 Å². The number of ether oxygens (including phenoxy) is 1. The fraction of sp³-hybridized carbons (Fsp3) is 0.133. The largest absolute Gasteiger partial charge is 0.494 e. The predicted molar refractivity (Wildman–Crippen MR) is 81.3 cm³/mol. The van der Waals surface area contributed by atoms with Gasteiger partial charge >= 0.3 is 0 Å². The molecule has 0 N–H and O–H groups in total. The van der Waals surface area contributed by atoms with Crippen molar-refractivity contribution in [3.05, 3.63) is 69.1 Å². The van der Waals surface area contributed by atoms with Crippen molar-refractivity contribution in [3.8, 4) is 5.75 Å². The third-order valence-electron chi connectivity index (χ3n) is 2.79. The molecular weight excluding hydrogens is 290 g/mol. The maximum Gasteiger partial charge on any atom is 0.193 e. The van der Waals surface area contributed by atoms with E-state index in [9.17, 15) is 4.79 Å². The molecule has 2 rings (SSSR count). The monoisotopic (exact) mass is 301 g/mol. The summed E-state index contributed by atoms with van der Waals surface area (Å²) in [5.74, 6) is 0.532. The average Bonchev–Trinajstić information content (AvgIpc) is 2.50. The van der Waals surface area contributed by atoms with Crippen LogP contribution in [-0.4, -0.2) is 12.4 Å². The number of carbonyl (C=O) groups is 1. The molecule has 0 spiro atoms. The highest BCUT2D eigenvalue weighted by Crippen LogP contribution is 2.27. The summed E-state index contributed by atoms with van der Waals surface area (Å²) >= 11 is 5.89. The Hall–Kier alpha value is -2.49. The molecule has 0 aromatic heterocycles. The zero-order chi connectivity index (χ0) is 15.2. The first-order valence-electron chi connectivity index (χ1n) is 6.28. The maximum atomic E-state index is 12.4. The van der Waals surface area contributed by atoms with Gasteiger partial charge in [0.2, 0.25) is 0 Å².